The minimum absolute atomic E-state index is 0.142. The highest BCUT2D eigenvalue weighted by molar-refractivity contribution is 6.14. The minimum atomic E-state index is -0.998. The molecule has 0 radical (unpaired) electrons. The van der Waals surface area contributed by atoms with E-state index in [1.165, 1.54) is 41.5 Å². The number of ketones is 1. The zero-order valence-corrected chi connectivity index (χ0v) is 15.6. The summed E-state index contributed by atoms with van der Waals surface area (Å²) >= 11 is 0. The second kappa shape index (κ2) is 8.22. The number of aliphatic hydroxyl groups is 1. The Bertz CT molecular complexity index is 932. The van der Waals surface area contributed by atoms with Crippen LogP contribution in [0.5, 0.6) is 0 Å². The Morgan fingerprint density at radius 1 is 1.29 bits per heavy atom. The highest BCUT2D eigenvalue weighted by Crippen LogP contribution is 2.38. The van der Waals surface area contributed by atoms with Crippen LogP contribution in [0.2, 0.25) is 0 Å². The third-order valence-corrected chi connectivity index (χ3v) is 4.50. The molecule has 6 nitrogen and oxygen atoms in total. The van der Waals surface area contributed by atoms with Crippen molar-refractivity contribution in [3.8, 4) is 0 Å². The third kappa shape index (κ3) is 3.89. The predicted octanol–water partition coefficient (Wildman–Crippen LogP) is 2.96. The third-order valence-electron chi connectivity index (χ3n) is 4.50. The Morgan fingerprint density at radius 2 is 2.04 bits per heavy atom. The summed E-state index contributed by atoms with van der Waals surface area (Å²) < 4.78 is 19.7. The van der Waals surface area contributed by atoms with Gasteiger partial charge >= 0.3 is 0 Å². The van der Waals surface area contributed by atoms with Gasteiger partial charge in [-0.25, -0.2) is 4.39 Å². The molecular weight excluding hydrogens is 363 g/mol. The van der Waals surface area contributed by atoms with E-state index in [1.54, 1.807) is 18.2 Å². The number of benzene rings is 1. The van der Waals surface area contributed by atoms with Crippen LogP contribution < -0.4 is 0 Å². The first-order valence-electron chi connectivity index (χ1n) is 8.79. The Kier molecular flexibility index (Phi) is 5.75. The molecule has 0 aliphatic carbocycles. The topological polar surface area (TPSA) is 74.0 Å². The van der Waals surface area contributed by atoms with E-state index < -0.39 is 29.3 Å². The molecule has 3 rings (SSSR count). The largest absolute Gasteiger partial charge is 0.503 e. The van der Waals surface area contributed by atoms with E-state index in [1.807, 2.05) is 19.0 Å². The number of allylic oxidation sites excluding steroid dienone is 1. The van der Waals surface area contributed by atoms with Gasteiger partial charge in [-0.2, -0.15) is 0 Å². The number of halogens is 1. The average molecular weight is 384 g/mol. The number of furan rings is 1. The normalized spacial score (nSPS) is 17.4. The van der Waals surface area contributed by atoms with Crippen molar-refractivity contribution >= 4 is 17.8 Å². The first-order chi connectivity index (χ1) is 13.4. The molecule has 0 fully saturated rings. The van der Waals surface area contributed by atoms with E-state index in [0.29, 0.717) is 12.3 Å². The number of carbonyl (C=O) groups excluding carboxylic acids is 2. The molecule has 2 aromatic rings. The summed E-state index contributed by atoms with van der Waals surface area (Å²) in [5, 5.41) is 10.4. The second-order valence-electron chi connectivity index (χ2n) is 6.70. The van der Waals surface area contributed by atoms with Crippen LogP contribution in [0.25, 0.3) is 6.08 Å². The SMILES string of the molecule is CN(C)CCN1C(=O)C(O)=C(C(=O)/C=C/c2ccco2)C1c1ccccc1F. The van der Waals surface area contributed by atoms with Crippen LogP contribution in [-0.4, -0.2) is 53.8 Å². The van der Waals surface area contributed by atoms with Crippen molar-refractivity contribution in [2.24, 2.45) is 0 Å². The van der Waals surface area contributed by atoms with Gasteiger partial charge in [-0.05, 0) is 44.4 Å². The highest BCUT2D eigenvalue weighted by Gasteiger charge is 2.43. The number of rotatable bonds is 7. The van der Waals surface area contributed by atoms with E-state index in [0.717, 1.165) is 0 Å². The highest BCUT2D eigenvalue weighted by atomic mass is 19.1. The van der Waals surface area contributed by atoms with Gasteiger partial charge in [0.1, 0.15) is 11.6 Å². The zero-order chi connectivity index (χ0) is 20.3. The van der Waals surface area contributed by atoms with Gasteiger partial charge in [-0.1, -0.05) is 18.2 Å². The smallest absolute Gasteiger partial charge is 0.290 e. The molecule has 0 spiro atoms. The maximum Gasteiger partial charge on any atom is 0.290 e. The van der Waals surface area contributed by atoms with Gasteiger partial charge < -0.3 is 19.3 Å². The van der Waals surface area contributed by atoms with Gasteiger partial charge in [0, 0.05) is 18.7 Å². The summed E-state index contributed by atoms with van der Waals surface area (Å²) in [5.41, 5.74) is 0.0186. The molecule has 7 heteroatoms. The van der Waals surface area contributed by atoms with Gasteiger partial charge in [-0.3, -0.25) is 9.59 Å². The van der Waals surface area contributed by atoms with Gasteiger partial charge in [0.05, 0.1) is 17.9 Å². The molecular formula is C21H21FN2O4. The first kappa shape index (κ1) is 19.6. The number of nitrogens with zero attached hydrogens (tertiary/aromatic N) is 2. The van der Waals surface area contributed by atoms with Crippen LogP contribution in [0.15, 0.2) is 64.5 Å². The number of hydrogen-bond acceptors (Lipinski definition) is 5. The van der Waals surface area contributed by atoms with Gasteiger partial charge in [-0.15, -0.1) is 0 Å². The number of hydrogen-bond donors (Lipinski definition) is 1. The molecule has 1 N–H and O–H groups in total. The summed E-state index contributed by atoms with van der Waals surface area (Å²) in [6.07, 6.45) is 4.11. The van der Waals surface area contributed by atoms with Crippen molar-refractivity contribution in [1.29, 1.82) is 0 Å². The van der Waals surface area contributed by atoms with Gasteiger partial charge in [0.2, 0.25) is 0 Å². The molecule has 1 unspecified atom stereocenters. The number of carbonyl (C=O) groups is 2. The molecule has 28 heavy (non-hydrogen) atoms. The molecule has 2 heterocycles. The maximum atomic E-state index is 14.5. The molecule has 1 amide bonds. The molecule has 1 aromatic carbocycles. The lowest BCUT2D eigenvalue weighted by molar-refractivity contribution is -0.129. The Balaban J connectivity index is 2.00. The van der Waals surface area contributed by atoms with E-state index in [2.05, 4.69) is 0 Å². The number of amides is 1. The van der Waals surface area contributed by atoms with Crippen molar-refractivity contribution in [3.63, 3.8) is 0 Å². The maximum absolute atomic E-state index is 14.5. The second-order valence-corrected chi connectivity index (χ2v) is 6.70. The minimum Gasteiger partial charge on any atom is -0.503 e. The standard InChI is InChI=1S/C21H21FN2O4/c1-23(2)11-12-24-19(15-7-3-4-8-16(15)22)18(20(26)21(24)27)17(25)10-9-14-6-5-13-28-14/h3-10,13,19,26H,11-12H2,1-2H3/b10-9+. The van der Waals surface area contributed by atoms with Crippen molar-refractivity contribution < 1.29 is 23.5 Å². The molecule has 1 aromatic heterocycles. The van der Waals surface area contributed by atoms with E-state index >= 15 is 0 Å². The lowest BCUT2D eigenvalue weighted by Gasteiger charge is -2.28. The number of likely N-dealkylation sites (N-methyl/N-ethyl adjacent to an activating group) is 1. The fraction of sp³-hybridized carbons (Fsp3) is 0.238. The molecule has 1 atom stereocenters. The fourth-order valence-electron chi connectivity index (χ4n) is 3.10. The van der Waals surface area contributed by atoms with E-state index in [9.17, 15) is 19.1 Å². The molecule has 1 aliphatic heterocycles. The molecule has 0 saturated carbocycles. The Morgan fingerprint density at radius 3 is 2.68 bits per heavy atom. The lowest BCUT2D eigenvalue weighted by Crippen LogP contribution is -2.36. The van der Waals surface area contributed by atoms with Crippen LogP contribution >= 0.6 is 0 Å². The lowest BCUT2D eigenvalue weighted by atomic mass is 9.95. The quantitative estimate of drug-likeness (QED) is 0.743. The molecule has 146 valence electrons. The molecule has 0 saturated heterocycles. The zero-order valence-electron chi connectivity index (χ0n) is 15.6. The van der Waals surface area contributed by atoms with Gasteiger partial charge in [0.15, 0.2) is 11.5 Å². The van der Waals surface area contributed by atoms with Crippen molar-refractivity contribution in [3.05, 3.63) is 77.2 Å². The van der Waals surface area contributed by atoms with Crippen LogP contribution in [0.4, 0.5) is 4.39 Å². The van der Waals surface area contributed by atoms with Crippen molar-refractivity contribution in [2.75, 3.05) is 27.2 Å². The predicted molar refractivity (Wildman–Crippen MR) is 102 cm³/mol. The monoisotopic (exact) mass is 384 g/mol. The molecule has 1 aliphatic rings. The van der Waals surface area contributed by atoms with Crippen LogP contribution in [0.3, 0.4) is 0 Å². The molecule has 0 bridgehead atoms. The summed E-state index contributed by atoms with van der Waals surface area (Å²) in [6, 6.07) is 8.27. The summed E-state index contributed by atoms with van der Waals surface area (Å²) in [6.45, 7) is 0.723. The van der Waals surface area contributed by atoms with Gasteiger partial charge in [0.25, 0.3) is 5.91 Å². The van der Waals surface area contributed by atoms with Crippen LogP contribution in [-0.2, 0) is 9.59 Å². The summed E-state index contributed by atoms with van der Waals surface area (Å²) in [7, 11) is 3.67. The number of aliphatic hydroxyl groups excluding tert-OH is 1. The fourth-order valence-corrected chi connectivity index (χ4v) is 3.10. The van der Waals surface area contributed by atoms with E-state index in [4.69, 9.17) is 4.42 Å². The average Bonchev–Trinajstić information content (AvgIpc) is 3.26. The Labute approximate surface area is 162 Å². The van der Waals surface area contributed by atoms with Crippen molar-refractivity contribution in [1.82, 2.24) is 9.80 Å². The Hall–Kier alpha value is -3.19. The van der Waals surface area contributed by atoms with E-state index in [-0.39, 0.29) is 17.7 Å². The van der Waals surface area contributed by atoms with Crippen molar-refractivity contribution in [2.45, 2.75) is 6.04 Å². The summed E-state index contributed by atoms with van der Waals surface area (Å²) in [4.78, 5) is 28.6. The van der Waals surface area contributed by atoms with Crippen LogP contribution in [0.1, 0.15) is 17.4 Å². The first-order valence-corrected chi connectivity index (χ1v) is 8.79. The summed E-state index contributed by atoms with van der Waals surface area (Å²) in [5.74, 6) is -2.02. The van der Waals surface area contributed by atoms with Crippen LogP contribution in [0, 0.1) is 5.82 Å².